The maximum absolute atomic E-state index is 12.9. The molecule has 108 valence electrons. The van der Waals surface area contributed by atoms with E-state index in [1.54, 1.807) is 24.3 Å². The number of pyridine rings is 1. The SMILES string of the molecule is CNC(=O)Nc1ccc(NC(=O)c2cccc(F)n2)cc1. The molecule has 0 atom stereocenters. The molecule has 0 aliphatic rings. The van der Waals surface area contributed by atoms with Gasteiger partial charge in [-0.15, -0.1) is 0 Å². The second-order valence-corrected chi connectivity index (χ2v) is 4.08. The van der Waals surface area contributed by atoms with Crippen LogP contribution in [0.3, 0.4) is 0 Å². The normalized spacial score (nSPS) is 9.81. The van der Waals surface area contributed by atoms with E-state index in [9.17, 15) is 14.0 Å². The lowest BCUT2D eigenvalue weighted by molar-refractivity contribution is 0.102. The number of anilines is 2. The molecule has 2 rings (SSSR count). The highest BCUT2D eigenvalue weighted by Gasteiger charge is 2.08. The van der Waals surface area contributed by atoms with E-state index in [4.69, 9.17) is 0 Å². The van der Waals surface area contributed by atoms with Gasteiger partial charge in [-0.3, -0.25) is 4.79 Å². The van der Waals surface area contributed by atoms with Crippen LogP contribution in [0.4, 0.5) is 20.6 Å². The van der Waals surface area contributed by atoms with E-state index in [1.165, 1.54) is 19.2 Å². The van der Waals surface area contributed by atoms with E-state index in [0.717, 1.165) is 6.07 Å². The van der Waals surface area contributed by atoms with Crippen LogP contribution in [0, 0.1) is 5.95 Å². The third-order valence-corrected chi connectivity index (χ3v) is 2.58. The zero-order valence-electron chi connectivity index (χ0n) is 11.2. The Balaban J connectivity index is 2.03. The highest BCUT2D eigenvalue weighted by molar-refractivity contribution is 6.03. The molecule has 0 unspecified atom stereocenters. The third kappa shape index (κ3) is 4.00. The van der Waals surface area contributed by atoms with E-state index >= 15 is 0 Å². The predicted octanol–water partition coefficient (Wildman–Crippen LogP) is 2.22. The number of hydrogen-bond acceptors (Lipinski definition) is 3. The van der Waals surface area contributed by atoms with Gasteiger partial charge in [0, 0.05) is 18.4 Å². The van der Waals surface area contributed by atoms with Crippen molar-refractivity contribution >= 4 is 23.3 Å². The van der Waals surface area contributed by atoms with E-state index < -0.39 is 11.9 Å². The molecule has 0 bridgehead atoms. The van der Waals surface area contributed by atoms with Crippen molar-refractivity contribution in [1.82, 2.24) is 10.3 Å². The molecule has 3 amide bonds. The highest BCUT2D eigenvalue weighted by atomic mass is 19.1. The number of carbonyl (C=O) groups is 2. The molecule has 21 heavy (non-hydrogen) atoms. The molecule has 0 spiro atoms. The summed E-state index contributed by atoms with van der Waals surface area (Å²) in [6.45, 7) is 0. The van der Waals surface area contributed by atoms with Gasteiger partial charge in [-0.1, -0.05) is 6.07 Å². The Labute approximate surface area is 120 Å². The van der Waals surface area contributed by atoms with E-state index in [2.05, 4.69) is 20.9 Å². The van der Waals surface area contributed by atoms with Crippen LogP contribution in [0.25, 0.3) is 0 Å². The summed E-state index contributed by atoms with van der Waals surface area (Å²) in [6.07, 6.45) is 0. The Hall–Kier alpha value is -2.96. The molecule has 1 aromatic carbocycles. The Bertz CT molecular complexity index is 658. The summed E-state index contributed by atoms with van der Waals surface area (Å²) in [4.78, 5) is 26.5. The van der Waals surface area contributed by atoms with Gasteiger partial charge in [-0.05, 0) is 36.4 Å². The fourth-order valence-electron chi connectivity index (χ4n) is 1.56. The monoisotopic (exact) mass is 288 g/mol. The van der Waals surface area contributed by atoms with Crippen molar-refractivity contribution in [3.05, 3.63) is 54.1 Å². The molecule has 3 N–H and O–H groups in total. The summed E-state index contributed by atoms with van der Waals surface area (Å²) in [5.74, 6) is -1.23. The van der Waals surface area contributed by atoms with E-state index in [1.807, 2.05) is 0 Å². The molecule has 2 aromatic rings. The lowest BCUT2D eigenvalue weighted by Gasteiger charge is -2.07. The fourth-order valence-corrected chi connectivity index (χ4v) is 1.56. The molecule has 0 saturated heterocycles. The van der Waals surface area contributed by atoms with Crippen LogP contribution >= 0.6 is 0 Å². The standard InChI is InChI=1S/C14H13FN4O2/c1-16-14(21)18-10-7-5-9(6-8-10)17-13(20)11-3-2-4-12(15)19-11/h2-8H,1H3,(H,17,20)(H2,16,18,21). The van der Waals surface area contributed by atoms with Gasteiger partial charge in [-0.25, -0.2) is 9.78 Å². The molecule has 6 nitrogen and oxygen atoms in total. The molecule has 1 aromatic heterocycles. The van der Waals surface area contributed by atoms with Crippen LogP contribution in [0.1, 0.15) is 10.5 Å². The number of urea groups is 1. The average Bonchev–Trinajstić information content (AvgIpc) is 2.49. The van der Waals surface area contributed by atoms with E-state index in [0.29, 0.717) is 11.4 Å². The quantitative estimate of drug-likeness (QED) is 0.757. The molecule has 0 radical (unpaired) electrons. The van der Waals surface area contributed by atoms with Gasteiger partial charge in [0.1, 0.15) is 5.69 Å². The van der Waals surface area contributed by atoms with Crippen molar-refractivity contribution in [2.75, 3.05) is 17.7 Å². The molecule has 7 heteroatoms. The lowest BCUT2D eigenvalue weighted by atomic mass is 10.2. The summed E-state index contributed by atoms with van der Waals surface area (Å²) in [7, 11) is 1.51. The number of nitrogens with zero attached hydrogens (tertiary/aromatic N) is 1. The van der Waals surface area contributed by atoms with E-state index in [-0.39, 0.29) is 11.7 Å². The Morgan fingerprint density at radius 1 is 1.00 bits per heavy atom. The van der Waals surface area contributed by atoms with Crippen LogP contribution in [0.2, 0.25) is 0 Å². The molecular weight excluding hydrogens is 275 g/mol. The summed E-state index contributed by atoms with van der Waals surface area (Å²) < 4.78 is 12.9. The van der Waals surface area contributed by atoms with Gasteiger partial charge in [0.15, 0.2) is 0 Å². The Morgan fingerprint density at radius 3 is 2.19 bits per heavy atom. The van der Waals surface area contributed by atoms with Gasteiger partial charge in [0.25, 0.3) is 5.91 Å². The number of benzene rings is 1. The summed E-state index contributed by atoms with van der Waals surface area (Å²) in [5.41, 5.74) is 1.08. The van der Waals surface area contributed by atoms with Gasteiger partial charge in [0.2, 0.25) is 5.95 Å². The van der Waals surface area contributed by atoms with Crippen molar-refractivity contribution in [1.29, 1.82) is 0 Å². The van der Waals surface area contributed by atoms with Gasteiger partial charge in [0.05, 0.1) is 0 Å². The van der Waals surface area contributed by atoms with Crippen LogP contribution < -0.4 is 16.0 Å². The minimum absolute atomic E-state index is 0.0115. The Morgan fingerprint density at radius 2 is 1.62 bits per heavy atom. The number of halogens is 1. The van der Waals surface area contributed by atoms with Crippen LogP contribution in [-0.2, 0) is 0 Å². The average molecular weight is 288 g/mol. The summed E-state index contributed by atoms with van der Waals surface area (Å²) in [6, 6.07) is 10.1. The van der Waals surface area contributed by atoms with Gasteiger partial charge in [-0.2, -0.15) is 4.39 Å². The van der Waals surface area contributed by atoms with Gasteiger partial charge < -0.3 is 16.0 Å². The first kappa shape index (κ1) is 14.4. The molecular formula is C14H13FN4O2. The molecule has 0 aliphatic carbocycles. The number of aromatic nitrogens is 1. The fraction of sp³-hybridized carbons (Fsp3) is 0.0714. The second-order valence-electron chi connectivity index (χ2n) is 4.08. The Kier molecular flexibility index (Phi) is 4.45. The number of amides is 3. The maximum Gasteiger partial charge on any atom is 0.318 e. The molecule has 0 fully saturated rings. The minimum atomic E-state index is -0.715. The molecule has 0 saturated carbocycles. The van der Waals surface area contributed by atoms with Crippen molar-refractivity contribution < 1.29 is 14.0 Å². The third-order valence-electron chi connectivity index (χ3n) is 2.58. The predicted molar refractivity (Wildman–Crippen MR) is 76.7 cm³/mol. The first-order valence-corrected chi connectivity index (χ1v) is 6.11. The topological polar surface area (TPSA) is 83.1 Å². The van der Waals surface area contributed by atoms with Crippen LogP contribution in [0.5, 0.6) is 0 Å². The zero-order valence-corrected chi connectivity index (χ0v) is 11.2. The van der Waals surface area contributed by atoms with Crippen LogP contribution in [0.15, 0.2) is 42.5 Å². The van der Waals surface area contributed by atoms with Crippen LogP contribution in [-0.4, -0.2) is 24.0 Å². The highest BCUT2D eigenvalue weighted by Crippen LogP contribution is 2.14. The lowest BCUT2D eigenvalue weighted by Crippen LogP contribution is -2.24. The largest absolute Gasteiger partial charge is 0.341 e. The zero-order chi connectivity index (χ0) is 15.2. The van der Waals surface area contributed by atoms with Crippen molar-refractivity contribution in [2.45, 2.75) is 0 Å². The minimum Gasteiger partial charge on any atom is -0.341 e. The number of nitrogens with one attached hydrogen (secondary N) is 3. The van der Waals surface area contributed by atoms with Crippen molar-refractivity contribution in [3.8, 4) is 0 Å². The molecule has 0 aliphatic heterocycles. The second kappa shape index (κ2) is 6.47. The van der Waals surface area contributed by atoms with Gasteiger partial charge >= 0.3 is 6.03 Å². The number of rotatable bonds is 3. The van der Waals surface area contributed by atoms with Crippen molar-refractivity contribution in [3.63, 3.8) is 0 Å². The molecule has 1 heterocycles. The smallest absolute Gasteiger partial charge is 0.318 e. The summed E-state index contributed by atoms with van der Waals surface area (Å²) >= 11 is 0. The maximum atomic E-state index is 12.9. The van der Waals surface area contributed by atoms with Crippen molar-refractivity contribution in [2.24, 2.45) is 0 Å². The summed E-state index contributed by atoms with van der Waals surface area (Å²) in [5, 5.41) is 7.59. The first-order chi connectivity index (χ1) is 10.1. The first-order valence-electron chi connectivity index (χ1n) is 6.11. The number of hydrogen-bond donors (Lipinski definition) is 3. The number of carbonyl (C=O) groups excluding carboxylic acids is 2.